The van der Waals surface area contributed by atoms with E-state index in [9.17, 15) is 8.42 Å². The van der Waals surface area contributed by atoms with E-state index >= 15 is 0 Å². The molecular weight excluding hydrogens is 310 g/mol. The van der Waals surface area contributed by atoms with Crippen molar-refractivity contribution in [1.82, 2.24) is 4.72 Å². The van der Waals surface area contributed by atoms with Crippen LogP contribution < -0.4 is 9.46 Å². The summed E-state index contributed by atoms with van der Waals surface area (Å²) in [4.78, 5) is 0.268. The van der Waals surface area contributed by atoms with Crippen LogP contribution in [-0.4, -0.2) is 15.5 Å². The van der Waals surface area contributed by atoms with Gasteiger partial charge in [-0.1, -0.05) is 44.2 Å². The molecule has 0 fully saturated rings. The highest BCUT2D eigenvalue weighted by Gasteiger charge is 2.18. The van der Waals surface area contributed by atoms with Gasteiger partial charge in [-0.15, -0.1) is 0 Å². The first-order chi connectivity index (χ1) is 11.0. The summed E-state index contributed by atoms with van der Waals surface area (Å²) in [7, 11) is -1.95. The second-order valence-corrected chi connectivity index (χ2v) is 7.29. The molecular formula is C18H23NO3S. The zero-order valence-electron chi connectivity index (χ0n) is 13.7. The summed E-state index contributed by atoms with van der Waals surface area (Å²) < 4.78 is 33.0. The van der Waals surface area contributed by atoms with Gasteiger partial charge in [0.1, 0.15) is 5.75 Å². The first-order valence-electron chi connectivity index (χ1n) is 7.69. The molecule has 0 radical (unpaired) electrons. The van der Waals surface area contributed by atoms with Crippen LogP contribution in [0.25, 0.3) is 0 Å². The molecule has 5 heteroatoms. The molecule has 0 aromatic heterocycles. The normalized spacial score (nSPS) is 12.8. The van der Waals surface area contributed by atoms with Gasteiger partial charge in [-0.25, -0.2) is 13.1 Å². The van der Waals surface area contributed by atoms with Crippen molar-refractivity contribution in [3.05, 3.63) is 59.7 Å². The highest BCUT2D eigenvalue weighted by molar-refractivity contribution is 7.89. The molecule has 1 N–H and O–H groups in total. The molecule has 2 rings (SSSR count). The van der Waals surface area contributed by atoms with Crippen molar-refractivity contribution >= 4 is 10.0 Å². The Balaban J connectivity index is 2.25. The van der Waals surface area contributed by atoms with Crippen molar-refractivity contribution in [2.24, 2.45) is 0 Å². The largest absolute Gasteiger partial charge is 0.496 e. The van der Waals surface area contributed by atoms with Gasteiger partial charge < -0.3 is 4.74 Å². The van der Waals surface area contributed by atoms with Gasteiger partial charge in [0.25, 0.3) is 0 Å². The van der Waals surface area contributed by atoms with Crippen LogP contribution in [0.4, 0.5) is 0 Å². The summed E-state index contributed by atoms with van der Waals surface area (Å²) in [6.45, 7) is 4.40. The molecule has 0 bridgehead atoms. The zero-order chi connectivity index (χ0) is 16.9. The van der Waals surface area contributed by atoms with Gasteiger partial charge in [0.2, 0.25) is 10.0 Å². The number of benzene rings is 2. The number of methoxy groups -OCH3 is 1. The molecule has 2 aromatic rings. The van der Waals surface area contributed by atoms with Crippen LogP contribution in [0.3, 0.4) is 0 Å². The average Bonchev–Trinajstić information content (AvgIpc) is 2.59. The van der Waals surface area contributed by atoms with E-state index in [0.29, 0.717) is 0 Å². The van der Waals surface area contributed by atoms with Crippen molar-refractivity contribution < 1.29 is 13.2 Å². The van der Waals surface area contributed by atoms with E-state index in [0.717, 1.165) is 23.3 Å². The van der Waals surface area contributed by atoms with Crippen molar-refractivity contribution in [3.63, 3.8) is 0 Å². The predicted molar refractivity (Wildman–Crippen MR) is 92.2 cm³/mol. The lowest BCUT2D eigenvalue weighted by molar-refractivity contribution is 0.405. The molecule has 0 aliphatic carbocycles. The van der Waals surface area contributed by atoms with Crippen molar-refractivity contribution in [2.45, 2.75) is 37.6 Å². The van der Waals surface area contributed by atoms with E-state index in [1.807, 2.05) is 30.3 Å². The third kappa shape index (κ3) is 4.33. The molecule has 0 heterocycles. The van der Waals surface area contributed by atoms with Gasteiger partial charge in [0, 0.05) is 6.54 Å². The lowest BCUT2D eigenvalue weighted by atomic mass is 9.98. The smallest absolute Gasteiger partial charge is 0.240 e. The Morgan fingerprint density at radius 2 is 1.83 bits per heavy atom. The molecule has 1 unspecified atom stereocenters. The van der Waals surface area contributed by atoms with E-state index in [1.165, 1.54) is 0 Å². The summed E-state index contributed by atoms with van der Waals surface area (Å²) in [5, 5.41) is 0. The molecule has 0 spiro atoms. The molecule has 0 saturated heterocycles. The second kappa shape index (κ2) is 7.62. The van der Waals surface area contributed by atoms with Gasteiger partial charge in [0.15, 0.2) is 0 Å². The Kier molecular flexibility index (Phi) is 5.80. The van der Waals surface area contributed by atoms with Crippen LogP contribution >= 0.6 is 0 Å². The first kappa shape index (κ1) is 17.5. The fraction of sp³-hybridized carbons (Fsp3) is 0.333. The molecule has 0 aliphatic heterocycles. The molecule has 0 amide bonds. The zero-order valence-corrected chi connectivity index (χ0v) is 14.6. The maximum Gasteiger partial charge on any atom is 0.240 e. The molecule has 4 nitrogen and oxygen atoms in total. The molecule has 2 aromatic carbocycles. The molecule has 124 valence electrons. The second-order valence-electron chi connectivity index (χ2n) is 5.52. The maximum atomic E-state index is 12.5. The van der Waals surface area contributed by atoms with Gasteiger partial charge in [0.05, 0.1) is 12.0 Å². The minimum Gasteiger partial charge on any atom is -0.496 e. The third-order valence-corrected chi connectivity index (χ3v) is 5.36. The lowest BCUT2D eigenvalue weighted by Gasteiger charge is -2.16. The molecule has 0 aliphatic rings. The third-order valence-electron chi connectivity index (χ3n) is 3.96. The van der Waals surface area contributed by atoms with Crippen LogP contribution in [0, 0.1) is 0 Å². The average molecular weight is 333 g/mol. The van der Waals surface area contributed by atoms with Gasteiger partial charge in [-0.3, -0.25) is 0 Å². The Bertz CT molecular complexity index is 742. The van der Waals surface area contributed by atoms with Crippen LogP contribution in [0.15, 0.2) is 53.4 Å². The van der Waals surface area contributed by atoms with E-state index in [-0.39, 0.29) is 17.4 Å². The summed E-state index contributed by atoms with van der Waals surface area (Å²) in [5.74, 6) is 0.954. The number of sulfonamides is 1. The lowest BCUT2D eigenvalue weighted by Crippen LogP contribution is -2.23. The monoisotopic (exact) mass is 333 g/mol. The Morgan fingerprint density at radius 3 is 2.43 bits per heavy atom. The number of rotatable bonds is 7. The van der Waals surface area contributed by atoms with Crippen molar-refractivity contribution in [2.75, 3.05) is 7.11 Å². The summed E-state index contributed by atoms with van der Waals surface area (Å²) >= 11 is 0. The minimum absolute atomic E-state index is 0.231. The predicted octanol–water partition coefficient (Wildman–Crippen LogP) is 3.69. The number of nitrogens with one attached hydrogen (secondary N) is 1. The van der Waals surface area contributed by atoms with E-state index in [2.05, 4.69) is 18.6 Å². The maximum absolute atomic E-state index is 12.5. The van der Waals surface area contributed by atoms with E-state index in [4.69, 9.17) is 4.74 Å². The number of hydrogen-bond acceptors (Lipinski definition) is 3. The van der Waals surface area contributed by atoms with Crippen LogP contribution in [0.5, 0.6) is 5.75 Å². The topological polar surface area (TPSA) is 55.4 Å². The van der Waals surface area contributed by atoms with Crippen LogP contribution in [0.1, 0.15) is 37.3 Å². The summed E-state index contributed by atoms with van der Waals surface area (Å²) in [6, 6.07) is 14.5. The van der Waals surface area contributed by atoms with Crippen LogP contribution in [-0.2, 0) is 16.6 Å². The quantitative estimate of drug-likeness (QED) is 0.841. The first-order valence-corrected chi connectivity index (χ1v) is 9.17. The fourth-order valence-corrected chi connectivity index (χ4v) is 3.39. The van der Waals surface area contributed by atoms with Crippen molar-refractivity contribution in [3.8, 4) is 5.75 Å². The van der Waals surface area contributed by atoms with Gasteiger partial charge >= 0.3 is 0 Å². The fourth-order valence-electron chi connectivity index (χ4n) is 2.34. The van der Waals surface area contributed by atoms with E-state index < -0.39 is 10.0 Å². The molecule has 23 heavy (non-hydrogen) atoms. The molecule has 1 atom stereocenters. The standard InChI is InChI=1S/C18H23NO3S/c1-4-14(2)17-12-16(10-11-18(17)22-3)23(20,21)19-13-15-8-6-5-7-9-15/h5-12,14,19H,4,13H2,1-3H3. The highest BCUT2D eigenvalue weighted by atomic mass is 32.2. The summed E-state index contributed by atoms with van der Waals surface area (Å²) in [5.41, 5.74) is 1.84. The van der Waals surface area contributed by atoms with Gasteiger partial charge in [-0.05, 0) is 41.7 Å². The SMILES string of the molecule is CCC(C)c1cc(S(=O)(=O)NCc2ccccc2)ccc1OC. The van der Waals surface area contributed by atoms with Gasteiger partial charge in [-0.2, -0.15) is 0 Å². The number of ether oxygens (including phenoxy) is 1. The molecule has 0 saturated carbocycles. The van der Waals surface area contributed by atoms with Crippen molar-refractivity contribution in [1.29, 1.82) is 0 Å². The minimum atomic E-state index is -3.55. The van der Waals surface area contributed by atoms with E-state index in [1.54, 1.807) is 25.3 Å². The van der Waals surface area contributed by atoms with Crippen LogP contribution in [0.2, 0.25) is 0 Å². The summed E-state index contributed by atoms with van der Waals surface area (Å²) in [6.07, 6.45) is 0.914. The Labute approximate surface area is 138 Å². The Morgan fingerprint density at radius 1 is 1.13 bits per heavy atom. The Hall–Kier alpha value is -1.85. The number of hydrogen-bond donors (Lipinski definition) is 1. The highest BCUT2D eigenvalue weighted by Crippen LogP contribution is 2.30.